The molecule has 26 heavy (non-hydrogen) atoms. The van der Waals surface area contributed by atoms with Gasteiger partial charge in [-0.25, -0.2) is 0 Å². The summed E-state index contributed by atoms with van der Waals surface area (Å²) in [6.07, 6.45) is 13.9. The van der Waals surface area contributed by atoms with E-state index >= 15 is 0 Å². The van der Waals surface area contributed by atoms with Crippen molar-refractivity contribution in [3.05, 3.63) is 53.6 Å². The van der Waals surface area contributed by atoms with E-state index in [4.69, 9.17) is 5.73 Å². The minimum atomic E-state index is 0.165. The van der Waals surface area contributed by atoms with Crippen LogP contribution in [0.15, 0.2) is 42.5 Å². The van der Waals surface area contributed by atoms with Crippen molar-refractivity contribution in [2.45, 2.75) is 69.6 Å². The Bertz CT molecular complexity index is 776. The van der Waals surface area contributed by atoms with Crippen molar-refractivity contribution in [3.63, 3.8) is 0 Å². The first-order chi connectivity index (χ1) is 12.8. The molecule has 3 aliphatic carbocycles. The molecule has 3 aliphatic rings. The predicted octanol–water partition coefficient (Wildman–Crippen LogP) is 6.70. The van der Waals surface area contributed by atoms with Crippen molar-refractivity contribution in [1.82, 2.24) is 0 Å². The molecule has 0 aromatic heterocycles. The lowest BCUT2D eigenvalue weighted by Gasteiger charge is -2.49. The molecule has 2 aromatic carbocycles. The first-order valence-electron chi connectivity index (χ1n) is 10.8. The van der Waals surface area contributed by atoms with E-state index in [0.717, 1.165) is 17.5 Å². The van der Waals surface area contributed by atoms with E-state index in [1.54, 1.807) is 5.56 Å². The summed E-state index contributed by atoms with van der Waals surface area (Å²) in [5, 5.41) is 0. The fourth-order valence-corrected chi connectivity index (χ4v) is 6.77. The van der Waals surface area contributed by atoms with E-state index in [-0.39, 0.29) is 5.41 Å². The average Bonchev–Trinajstić information content (AvgIpc) is 3.02. The second-order valence-electron chi connectivity index (χ2n) is 8.85. The van der Waals surface area contributed by atoms with Crippen LogP contribution in [0, 0.1) is 11.8 Å². The van der Waals surface area contributed by atoms with E-state index in [0.29, 0.717) is 0 Å². The highest BCUT2D eigenvalue weighted by molar-refractivity contribution is 5.86. The molecular weight excluding hydrogens is 314 g/mol. The number of nitrogen functional groups attached to an aromatic ring is 1. The zero-order valence-electron chi connectivity index (χ0n) is 15.8. The summed E-state index contributed by atoms with van der Waals surface area (Å²) in [4.78, 5) is 0. The minimum Gasteiger partial charge on any atom is -0.398 e. The quantitative estimate of drug-likeness (QED) is 0.602. The average molecular weight is 346 g/mol. The summed E-state index contributed by atoms with van der Waals surface area (Å²) in [7, 11) is 0. The molecule has 0 spiro atoms. The van der Waals surface area contributed by atoms with Crippen molar-refractivity contribution in [2.24, 2.45) is 11.8 Å². The second kappa shape index (κ2) is 6.44. The molecule has 0 radical (unpaired) electrons. The molecule has 136 valence electrons. The lowest BCUT2D eigenvalue weighted by Crippen LogP contribution is -2.44. The monoisotopic (exact) mass is 345 g/mol. The zero-order chi connectivity index (χ0) is 17.6. The summed E-state index contributed by atoms with van der Waals surface area (Å²) in [6.45, 7) is 0. The molecule has 1 nitrogen and oxygen atoms in total. The largest absolute Gasteiger partial charge is 0.398 e. The third kappa shape index (κ3) is 2.22. The van der Waals surface area contributed by atoms with E-state index in [2.05, 4.69) is 42.5 Å². The third-order valence-corrected chi connectivity index (χ3v) is 7.67. The molecule has 0 unspecified atom stereocenters. The van der Waals surface area contributed by atoms with Gasteiger partial charge in [-0.2, -0.15) is 0 Å². The molecular formula is C25H31N. The van der Waals surface area contributed by atoms with Crippen LogP contribution in [0.5, 0.6) is 0 Å². The number of rotatable bonds is 2. The molecule has 0 atom stereocenters. The molecule has 5 rings (SSSR count). The molecule has 2 saturated carbocycles. The molecule has 0 amide bonds. The maximum absolute atomic E-state index is 6.74. The van der Waals surface area contributed by atoms with Crippen molar-refractivity contribution >= 4 is 5.69 Å². The van der Waals surface area contributed by atoms with Crippen molar-refractivity contribution in [1.29, 1.82) is 0 Å². The van der Waals surface area contributed by atoms with Crippen LogP contribution in [0.1, 0.15) is 75.3 Å². The van der Waals surface area contributed by atoms with Crippen LogP contribution in [0.4, 0.5) is 5.69 Å². The Balaban J connectivity index is 1.80. The maximum atomic E-state index is 6.74. The summed E-state index contributed by atoms with van der Waals surface area (Å²) in [6, 6.07) is 15.9. The third-order valence-electron chi connectivity index (χ3n) is 7.67. The first-order valence-corrected chi connectivity index (χ1v) is 10.8. The Hall–Kier alpha value is -1.76. The normalized spacial score (nSPS) is 22.8. The smallest absolute Gasteiger partial charge is 0.0362 e. The predicted molar refractivity (Wildman–Crippen MR) is 110 cm³/mol. The van der Waals surface area contributed by atoms with E-state index < -0.39 is 0 Å². The van der Waals surface area contributed by atoms with Crippen molar-refractivity contribution in [3.8, 4) is 11.1 Å². The molecule has 2 aromatic rings. The number of nitrogens with two attached hydrogens (primary N) is 1. The van der Waals surface area contributed by atoms with Gasteiger partial charge in [-0.1, -0.05) is 74.9 Å². The first kappa shape index (κ1) is 16.4. The summed E-state index contributed by atoms with van der Waals surface area (Å²) in [5.74, 6) is 1.51. The van der Waals surface area contributed by atoms with Crippen LogP contribution in [0.25, 0.3) is 11.1 Å². The van der Waals surface area contributed by atoms with Crippen LogP contribution in [0.3, 0.4) is 0 Å². The van der Waals surface area contributed by atoms with Gasteiger partial charge >= 0.3 is 0 Å². The van der Waals surface area contributed by atoms with Gasteiger partial charge in [0.1, 0.15) is 0 Å². The Morgan fingerprint density at radius 3 is 1.88 bits per heavy atom. The molecule has 1 heteroatoms. The minimum absolute atomic E-state index is 0.165. The number of hydrogen-bond acceptors (Lipinski definition) is 1. The lowest BCUT2D eigenvalue weighted by atomic mass is 9.54. The fourth-order valence-electron chi connectivity index (χ4n) is 6.77. The number of fused-ring (bicyclic) bond motifs is 3. The Morgan fingerprint density at radius 1 is 0.654 bits per heavy atom. The molecule has 0 bridgehead atoms. The highest BCUT2D eigenvalue weighted by atomic mass is 14.6. The van der Waals surface area contributed by atoms with Gasteiger partial charge in [-0.05, 0) is 65.8 Å². The van der Waals surface area contributed by atoms with Crippen LogP contribution in [0.2, 0.25) is 0 Å². The van der Waals surface area contributed by atoms with Crippen molar-refractivity contribution < 1.29 is 0 Å². The van der Waals surface area contributed by atoms with Gasteiger partial charge in [0.05, 0.1) is 0 Å². The molecule has 0 saturated heterocycles. The molecule has 2 fully saturated rings. The second-order valence-corrected chi connectivity index (χ2v) is 8.85. The Labute approximate surface area is 158 Å². The van der Waals surface area contributed by atoms with Gasteiger partial charge in [0.2, 0.25) is 0 Å². The van der Waals surface area contributed by atoms with Crippen LogP contribution < -0.4 is 5.73 Å². The van der Waals surface area contributed by atoms with E-state index in [9.17, 15) is 0 Å². The number of anilines is 1. The highest BCUT2D eigenvalue weighted by Crippen LogP contribution is 2.62. The summed E-state index contributed by atoms with van der Waals surface area (Å²) in [5.41, 5.74) is 13.9. The number of hydrogen-bond donors (Lipinski definition) is 1. The molecule has 0 aliphatic heterocycles. The summed E-state index contributed by atoms with van der Waals surface area (Å²) < 4.78 is 0. The van der Waals surface area contributed by atoms with Crippen LogP contribution >= 0.6 is 0 Å². The standard InChI is InChI=1S/C25H31N/c26-23-17-9-15-21-20-14-7-8-16-22(20)25(24(21)23,18-10-3-1-4-11-18)19-12-5-2-6-13-19/h7-9,14-19H,1-6,10-13,26H2. The van der Waals surface area contributed by atoms with Gasteiger partial charge in [-0.3, -0.25) is 0 Å². The van der Waals surface area contributed by atoms with Gasteiger partial charge in [0.15, 0.2) is 0 Å². The van der Waals surface area contributed by atoms with Gasteiger partial charge in [0.25, 0.3) is 0 Å². The molecule has 2 N–H and O–H groups in total. The molecule has 0 heterocycles. The van der Waals surface area contributed by atoms with E-state index in [1.165, 1.54) is 80.9 Å². The highest BCUT2D eigenvalue weighted by Gasteiger charge is 2.53. The fraction of sp³-hybridized carbons (Fsp3) is 0.520. The van der Waals surface area contributed by atoms with Gasteiger partial charge in [0, 0.05) is 11.1 Å². The van der Waals surface area contributed by atoms with Gasteiger partial charge < -0.3 is 5.73 Å². The van der Waals surface area contributed by atoms with Gasteiger partial charge in [-0.15, -0.1) is 0 Å². The Kier molecular flexibility index (Phi) is 4.07. The van der Waals surface area contributed by atoms with E-state index in [1.807, 2.05) is 0 Å². The van der Waals surface area contributed by atoms with Crippen LogP contribution in [-0.2, 0) is 5.41 Å². The zero-order valence-corrected chi connectivity index (χ0v) is 15.8. The maximum Gasteiger partial charge on any atom is 0.0362 e. The van der Waals surface area contributed by atoms with Crippen LogP contribution in [-0.4, -0.2) is 0 Å². The topological polar surface area (TPSA) is 26.0 Å². The SMILES string of the molecule is Nc1cccc2c1C(C1CCCCC1)(C1CCCCC1)c1ccccc1-2. The van der Waals surface area contributed by atoms with Crippen molar-refractivity contribution in [2.75, 3.05) is 5.73 Å². The number of benzene rings is 2. The Morgan fingerprint density at radius 2 is 1.23 bits per heavy atom. The lowest BCUT2D eigenvalue weighted by molar-refractivity contribution is 0.138. The summed E-state index contributed by atoms with van der Waals surface area (Å²) >= 11 is 0.